The Morgan fingerprint density at radius 2 is 1.75 bits per heavy atom. The highest BCUT2D eigenvalue weighted by atomic mass is 16.5. The van der Waals surface area contributed by atoms with Crippen LogP contribution in [0.5, 0.6) is 0 Å². The van der Waals surface area contributed by atoms with Crippen LogP contribution < -0.4 is 5.73 Å². The van der Waals surface area contributed by atoms with Gasteiger partial charge in [-0.2, -0.15) is 0 Å². The number of carbonyl (C=O) groups is 2. The Balaban J connectivity index is 1.56. The number of piperidine rings is 1. The first-order valence-corrected chi connectivity index (χ1v) is 10.5. The molecule has 0 aliphatic carbocycles. The van der Waals surface area contributed by atoms with E-state index in [4.69, 9.17) is 10.5 Å². The van der Waals surface area contributed by atoms with Crippen molar-refractivity contribution in [3.8, 4) is 0 Å². The zero-order valence-electron chi connectivity index (χ0n) is 17.1. The number of anilines is 1. The number of nitrogen functional groups attached to an aromatic ring is 1. The fourth-order valence-corrected chi connectivity index (χ4v) is 5.02. The van der Waals surface area contributed by atoms with Crippen LogP contribution in [0.25, 0.3) is 0 Å². The number of nitrogens with two attached hydrogens (primary N) is 1. The molecule has 0 spiro atoms. The minimum Gasteiger partial charge on any atom is -0.398 e. The molecule has 3 saturated heterocycles. The van der Waals surface area contributed by atoms with Crippen molar-refractivity contribution in [1.82, 2.24) is 9.80 Å². The average molecular weight is 386 g/mol. The van der Waals surface area contributed by atoms with Gasteiger partial charge in [0.1, 0.15) is 6.10 Å². The summed E-state index contributed by atoms with van der Waals surface area (Å²) in [5.41, 5.74) is 9.34. The Labute approximate surface area is 167 Å². The molecule has 6 nitrogen and oxygen atoms in total. The SMILES string of the molecule is Cc1ccc(C)c(C(=O)N2C3CCCC2CN(C(=O)C2CC(C)CO2)C3)c1N. The molecule has 0 radical (unpaired) electrons. The van der Waals surface area contributed by atoms with Crippen LogP contribution >= 0.6 is 0 Å². The molecule has 152 valence electrons. The molecule has 1 aromatic carbocycles. The van der Waals surface area contributed by atoms with Gasteiger partial charge < -0.3 is 20.3 Å². The van der Waals surface area contributed by atoms with Gasteiger partial charge >= 0.3 is 0 Å². The largest absolute Gasteiger partial charge is 0.398 e. The van der Waals surface area contributed by atoms with Gasteiger partial charge in [-0.3, -0.25) is 9.59 Å². The molecule has 4 atom stereocenters. The number of ether oxygens (including phenoxy) is 1. The van der Waals surface area contributed by atoms with Crippen LogP contribution in [0, 0.1) is 19.8 Å². The number of amides is 2. The maximum Gasteiger partial charge on any atom is 0.256 e. The number of hydrogen-bond acceptors (Lipinski definition) is 4. The number of fused-ring (bicyclic) bond motifs is 2. The summed E-state index contributed by atoms with van der Waals surface area (Å²) >= 11 is 0. The first kappa shape index (κ1) is 19.2. The summed E-state index contributed by atoms with van der Waals surface area (Å²) in [6.45, 7) is 7.85. The van der Waals surface area contributed by atoms with Gasteiger partial charge in [0.2, 0.25) is 0 Å². The second-order valence-electron chi connectivity index (χ2n) is 8.85. The van der Waals surface area contributed by atoms with E-state index in [0.717, 1.165) is 36.8 Å². The average Bonchev–Trinajstić information content (AvgIpc) is 3.09. The van der Waals surface area contributed by atoms with Crippen molar-refractivity contribution in [2.75, 3.05) is 25.4 Å². The smallest absolute Gasteiger partial charge is 0.256 e. The van der Waals surface area contributed by atoms with Crippen molar-refractivity contribution in [2.45, 2.75) is 64.6 Å². The van der Waals surface area contributed by atoms with E-state index in [2.05, 4.69) is 6.92 Å². The maximum atomic E-state index is 13.5. The number of aryl methyl sites for hydroxylation is 2. The van der Waals surface area contributed by atoms with Crippen molar-refractivity contribution >= 4 is 17.5 Å². The summed E-state index contributed by atoms with van der Waals surface area (Å²) in [5, 5.41) is 0. The fourth-order valence-electron chi connectivity index (χ4n) is 5.02. The van der Waals surface area contributed by atoms with Crippen LogP contribution in [0.1, 0.15) is 54.1 Å². The van der Waals surface area contributed by atoms with Crippen LogP contribution in [0.15, 0.2) is 12.1 Å². The molecule has 3 heterocycles. The lowest BCUT2D eigenvalue weighted by molar-refractivity contribution is -0.146. The van der Waals surface area contributed by atoms with E-state index in [1.54, 1.807) is 0 Å². The first-order valence-electron chi connectivity index (χ1n) is 10.5. The zero-order valence-corrected chi connectivity index (χ0v) is 17.1. The first-order chi connectivity index (χ1) is 13.4. The second-order valence-corrected chi connectivity index (χ2v) is 8.85. The van der Waals surface area contributed by atoms with E-state index in [-0.39, 0.29) is 30.0 Å². The van der Waals surface area contributed by atoms with Gasteiger partial charge in [0.15, 0.2) is 0 Å². The van der Waals surface area contributed by atoms with Crippen molar-refractivity contribution < 1.29 is 14.3 Å². The number of hydrogen-bond donors (Lipinski definition) is 1. The molecule has 6 heteroatoms. The minimum atomic E-state index is -0.312. The number of nitrogens with zero attached hydrogens (tertiary/aromatic N) is 2. The van der Waals surface area contributed by atoms with Gasteiger partial charge in [-0.25, -0.2) is 0 Å². The number of likely N-dealkylation sites (tertiary alicyclic amines) is 1. The molecule has 28 heavy (non-hydrogen) atoms. The molecule has 4 rings (SSSR count). The minimum absolute atomic E-state index is 0.0197. The molecular formula is C22H31N3O3. The van der Waals surface area contributed by atoms with Gasteiger partial charge in [0.05, 0.1) is 12.2 Å². The van der Waals surface area contributed by atoms with Gasteiger partial charge in [-0.15, -0.1) is 0 Å². The highest BCUT2D eigenvalue weighted by molar-refractivity contribution is 6.01. The molecule has 1 aromatic rings. The Bertz CT molecular complexity index is 779. The highest BCUT2D eigenvalue weighted by Gasteiger charge is 2.44. The van der Waals surface area contributed by atoms with E-state index in [1.165, 1.54) is 0 Å². The topological polar surface area (TPSA) is 75.9 Å². The third-order valence-electron chi connectivity index (χ3n) is 6.63. The molecule has 0 aromatic heterocycles. The van der Waals surface area contributed by atoms with Gasteiger partial charge in [0.25, 0.3) is 11.8 Å². The summed E-state index contributed by atoms with van der Waals surface area (Å²) in [5.74, 6) is 0.550. The van der Waals surface area contributed by atoms with Crippen LogP contribution in [0.4, 0.5) is 5.69 Å². The lowest BCUT2D eigenvalue weighted by atomic mass is 9.89. The molecule has 3 fully saturated rings. The van der Waals surface area contributed by atoms with Crippen LogP contribution in [0.2, 0.25) is 0 Å². The van der Waals surface area contributed by atoms with Crippen LogP contribution in [-0.4, -0.2) is 59.5 Å². The number of piperazine rings is 1. The Morgan fingerprint density at radius 1 is 1.11 bits per heavy atom. The predicted octanol–water partition coefficient (Wildman–Crippen LogP) is 2.52. The maximum absolute atomic E-state index is 13.5. The van der Waals surface area contributed by atoms with E-state index >= 15 is 0 Å². The van der Waals surface area contributed by atoms with Gasteiger partial charge in [-0.05, 0) is 56.6 Å². The molecule has 2 amide bonds. The van der Waals surface area contributed by atoms with Crippen molar-refractivity contribution in [3.63, 3.8) is 0 Å². The highest BCUT2D eigenvalue weighted by Crippen LogP contribution is 2.33. The Kier molecular flexibility index (Phi) is 5.08. The third kappa shape index (κ3) is 3.28. The second kappa shape index (κ2) is 7.39. The van der Waals surface area contributed by atoms with E-state index < -0.39 is 0 Å². The standard InChI is InChI=1S/C22H31N3O3/c1-13-9-18(28-12-13)21(26)24-10-16-5-4-6-17(11-24)25(16)22(27)19-14(2)7-8-15(3)20(19)23/h7-8,13,16-18H,4-6,9-12,23H2,1-3H3. The number of carbonyl (C=O) groups excluding carboxylic acids is 2. The van der Waals surface area contributed by atoms with E-state index in [9.17, 15) is 9.59 Å². The third-order valence-corrected chi connectivity index (χ3v) is 6.63. The molecule has 3 aliphatic rings. The van der Waals surface area contributed by atoms with Crippen LogP contribution in [0.3, 0.4) is 0 Å². The molecule has 2 N–H and O–H groups in total. The van der Waals surface area contributed by atoms with Gasteiger partial charge in [0, 0.05) is 30.9 Å². The molecule has 0 saturated carbocycles. The molecule has 3 aliphatic heterocycles. The summed E-state index contributed by atoms with van der Waals surface area (Å²) in [6.07, 6.45) is 3.44. The summed E-state index contributed by atoms with van der Waals surface area (Å²) in [7, 11) is 0. The van der Waals surface area contributed by atoms with Crippen molar-refractivity contribution in [1.29, 1.82) is 0 Å². The van der Waals surface area contributed by atoms with Crippen molar-refractivity contribution in [2.24, 2.45) is 5.92 Å². The van der Waals surface area contributed by atoms with E-state index in [1.807, 2.05) is 35.8 Å². The molecule has 4 unspecified atom stereocenters. The van der Waals surface area contributed by atoms with E-state index in [0.29, 0.717) is 36.9 Å². The number of rotatable bonds is 2. The predicted molar refractivity (Wildman–Crippen MR) is 108 cm³/mol. The summed E-state index contributed by atoms with van der Waals surface area (Å²) in [4.78, 5) is 30.4. The summed E-state index contributed by atoms with van der Waals surface area (Å²) < 4.78 is 5.70. The Hall–Kier alpha value is -2.08. The van der Waals surface area contributed by atoms with Crippen molar-refractivity contribution in [3.05, 3.63) is 28.8 Å². The molecule has 2 bridgehead atoms. The number of benzene rings is 1. The fraction of sp³-hybridized carbons (Fsp3) is 0.636. The lowest BCUT2D eigenvalue weighted by Gasteiger charge is -2.50. The van der Waals surface area contributed by atoms with Gasteiger partial charge in [-0.1, -0.05) is 19.1 Å². The zero-order chi connectivity index (χ0) is 20.0. The quantitative estimate of drug-likeness (QED) is 0.794. The summed E-state index contributed by atoms with van der Waals surface area (Å²) in [6, 6.07) is 4.04. The Morgan fingerprint density at radius 3 is 2.36 bits per heavy atom. The lowest BCUT2D eigenvalue weighted by Crippen LogP contribution is -2.64. The normalized spacial score (nSPS) is 29.8. The molecular weight excluding hydrogens is 354 g/mol. The van der Waals surface area contributed by atoms with Crippen LogP contribution in [-0.2, 0) is 9.53 Å². The monoisotopic (exact) mass is 385 g/mol.